The SMILES string of the molecule is OCc1c(OC(F)(F)F)cc(CBr)nc1C(F)F. The van der Waals surface area contributed by atoms with Gasteiger partial charge in [-0.25, -0.2) is 8.78 Å². The molecule has 0 saturated heterocycles. The normalized spacial score (nSPS) is 12.0. The van der Waals surface area contributed by atoms with Crippen molar-refractivity contribution in [3.63, 3.8) is 0 Å². The van der Waals surface area contributed by atoms with Gasteiger partial charge in [0.15, 0.2) is 0 Å². The van der Waals surface area contributed by atoms with Crippen molar-refractivity contribution in [3.05, 3.63) is 23.0 Å². The first-order valence-corrected chi connectivity index (χ1v) is 5.64. The summed E-state index contributed by atoms with van der Waals surface area (Å²) in [5.74, 6) is -0.871. The minimum Gasteiger partial charge on any atom is -0.405 e. The molecule has 0 atom stereocenters. The standard InChI is InChI=1S/C9H7BrF5NO2/c10-2-4-1-6(18-9(13,14)15)5(3-17)7(16-4)8(11)12/h1,8,17H,2-3H2. The van der Waals surface area contributed by atoms with Crippen LogP contribution in [0.5, 0.6) is 5.75 Å². The van der Waals surface area contributed by atoms with Crippen LogP contribution in [0.2, 0.25) is 0 Å². The first-order chi connectivity index (χ1) is 8.28. The Morgan fingerprint density at radius 1 is 1.39 bits per heavy atom. The van der Waals surface area contributed by atoms with Crippen molar-refractivity contribution in [2.45, 2.75) is 24.7 Å². The van der Waals surface area contributed by atoms with Gasteiger partial charge in [0.2, 0.25) is 0 Å². The Hall–Kier alpha value is -0.960. The predicted molar refractivity (Wildman–Crippen MR) is 54.4 cm³/mol. The van der Waals surface area contributed by atoms with E-state index < -0.39 is 36.4 Å². The van der Waals surface area contributed by atoms with E-state index in [-0.39, 0.29) is 11.0 Å². The number of aliphatic hydroxyl groups excluding tert-OH is 1. The molecule has 0 aromatic carbocycles. The fourth-order valence-electron chi connectivity index (χ4n) is 1.24. The molecule has 0 saturated carbocycles. The zero-order chi connectivity index (χ0) is 13.9. The summed E-state index contributed by atoms with van der Waals surface area (Å²) in [5, 5.41) is 8.86. The van der Waals surface area contributed by atoms with Crippen molar-refractivity contribution in [1.29, 1.82) is 0 Å². The maximum atomic E-state index is 12.6. The van der Waals surface area contributed by atoms with Gasteiger partial charge in [0.05, 0.1) is 12.3 Å². The summed E-state index contributed by atoms with van der Waals surface area (Å²) in [7, 11) is 0. The number of pyridine rings is 1. The van der Waals surface area contributed by atoms with Crippen LogP contribution in [0.3, 0.4) is 0 Å². The summed E-state index contributed by atoms with van der Waals surface area (Å²) in [5.41, 5.74) is -1.65. The molecule has 1 aromatic rings. The number of nitrogens with zero attached hydrogens (tertiary/aromatic N) is 1. The molecule has 0 radical (unpaired) electrons. The Bertz CT molecular complexity index is 424. The molecule has 0 unspecified atom stereocenters. The van der Waals surface area contributed by atoms with E-state index in [0.717, 1.165) is 6.07 Å². The summed E-state index contributed by atoms with van der Waals surface area (Å²) in [6.45, 7) is -1.03. The maximum Gasteiger partial charge on any atom is 0.573 e. The molecule has 1 heterocycles. The van der Waals surface area contributed by atoms with Gasteiger partial charge in [-0.05, 0) is 0 Å². The van der Waals surface area contributed by atoms with E-state index in [4.69, 9.17) is 5.11 Å². The third-order valence-electron chi connectivity index (χ3n) is 1.90. The molecule has 0 aliphatic carbocycles. The monoisotopic (exact) mass is 335 g/mol. The highest BCUT2D eigenvalue weighted by atomic mass is 79.9. The molecule has 0 aliphatic rings. The highest BCUT2D eigenvalue weighted by Crippen LogP contribution is 2.33. The second kappa shape index (κ2) is 5.79. The van der Waals surface area contributed by atoms with Crippen LogP contribution in [0.25, 0.3) is 0 Å². The Morgan fingerprint density at radius 2 is 2.00 bits per heavy atom. The first-order valence-electron chi connectivity index (χ1n) is 4.52. The summed E-state index contributed by atoms with van der Waals surface area (Å²) in [6.07, 6.45) is -8.14. The number of rotatable bonds is 4. The number of halogens is 6. The lowest BCUT2D eigenvalue weighted by molar-refractivity contribution is -0.275. The number of ether oxygens (including phenoxy) is 1. The lowest BCUT2D eigenvalue weighted by atomic mass is 10.1. The van der Waals surface area contributed by atoms with Crippen LogP contribution in [-0.4, -0.2) is 16.5 Å². The van der Waals surface area contributed by atoms with Crippen molar-refractivity contribution in [2.75, 3.05) is 0 Å². The zero-order valence-electron chi connectivity index (χ0n) is 8.64. The predicted octanol–water partition coefficient (Wildman–Crippen LogP) is 3.31. The van der Waals surface area contributed by atoms with E-state index in [9.17, 15) is 22.0 Å². The van der Waals surface area contributed by atoms with Gasteiger partial charge < -0.3 is 9.84 Å². The summed E-state index contributed by atoms with van der Waals surface area (Å²) >= 11 is 2.89. The lowest BCUT2D eigenvalue weighted by Crippen LogP contribution is -2.19. The Labute approximate surface area is 107 Å². The highest BCUT2D eigenvalue weighted by Gasteiger charge is 2.33. The molecular weight excluding hydrogens is 329 g/mol. The summed E-state index contributed by atoms with van der Waals surface area (Å²) < 4.78 is 65.1. The Kier molecular flexibility index (Phi) is 4.85. The highest BCUT2D eigenvalue weighted by molar-refractivity contribution is 9.08. The lowest BCUT2D eigenvalue weighted by Gasteiger charge is -2.15. The molecule has 0 amide bonds. The molecule has 0 bridgehead atoms. The molecule has 1 N–H and O–H groups in total. The van der Waals surface area contributed by atoms with Crippen molar-refractivity contribution in [1.82, 2.24) is 4.98 Å². The van der Waals surface area contributed by atoms with Crippen molar-refractivity contribution < 1.29 is 31.8 Å². The first kappa shape index (κ1) is 15.1. The van der Waals surface area contributed by atoms with Gasteiger partial charge in [-0.1, -0.05) is 15.9 Å². The smallest absolute Gasteiger partial charge is 0.405 e. The van der Waals surface area contributed by atoms with E-state index in [1.807, 2.05) is 0 Å². The van der Waals surface area contributed by atoms with Gasteiger partial charge in [-0.2, -0.15) is 0 Å². The van der Waals surface area contributed by atoms with Crippen LogP contribution >= 0.6 is 15.9 Å². The molecule has 9 heteroatoms. The van der Waals surface area contributed by atoms with E-state index in [2.05, 4.69) is 25.7 Å². The average molecular weight is 336 g/mol. The van der Waals surface area contributed by atoms with Crippen LogP contribution in [0.15, 0.2) is 6.07 Å². The number of aliphatic hydroxyl groups is 1. The Morgan fingerprint density at radius 3 is 2.39 bits per heavy atom. The van der Waals surface area contributed by atoms with Gasteiger partial charge in [0.1, 0.15) is 11.4 Å². The maximum absolute atomic E-state index is 12.6. The topological polar surface area (TPSA) is 42.4 Å². The van der Waals surface area contributed by atoms with Gasteiger partial charge >= 0.3 is 6.36 Å². The van der Waals surface area contributed by atoms with Gasteiger partial charge in [-0.15, -0.1) is 13.2 Å². The van der Waals surface area contributed by atoms with Gasteiger partial charge in [0, 0.05) is 17.0 Å². The van der Waals surface area contributed by atoms with Crippen molar-refractivity contribution >= 4 is 15.9 Å². The minimum absolute atomic E-state index is 0.0212. The molecule has 102 valence electrons. The van der Waals surface area contributed by atoms with Crippen molar-refractivity contribution in [2.24, 2.45) is 0 Å². The third kappa shape index (κ3) is 3.77. The molecule has 0 spiro atoms. The minimum atomic E-state index is -5.03. The molecule has 3 nitrogen and oxygen atoms in total. The van der Waals surface area contributed by atoms with Crippen molar-refractivity contribution in [3.8, 4) is 5.75 Å². The van der Waals surface area contributed by atoms with E-state index in [0.29, 0.717) is 0 Å². The largest absolute Gasteiger partial charge is 0.573 e. The van der Waals surface area contributed by atoms with E-state index in [1.54, 1.807) is 0 Å². The second-order valence-corrected chi connectivity index (χ2v) is 3.68. The van der Waals surface area contributed by atoms with Crippen LogP contribution < -0.4 is 4.74 Å². The molecule has 18 heavy (non-hydrogen) atoms. The van der Waals surface area contributed by atoms with Crippen LogP contribution in [0, 0.1) is 0 Å². The fraction of sp³-hybridized carbons (Fsp3) is 0.444. The molecule has 0 aliphatic heterocycles. The third-order valence-corrected chi connectivity index (χ3v) is 2.47. The quantitative estimate of drug-likeness (QED) is 0.678. The summed E-state index contributed by atoms with van der Waals surface area (Å²) in [4.78, 5) is 3.45. The molecule has 0 fully saturated rings. The van der Waals surface area contributed by atoms with E-state index >= 15 is 0 Å². The molecule has 1 aromatic heterocycles. The number of hydrogen-bond acceptors (Lipinski definition) is 3. The van der Waals surface area contributed by atoms with E-state index in [1.165, 1.54) is 0 Å². The van der Waals surface area contributed by atoms with Gasteiger partial charge in [-0.3, -0.25) is 4.98 Å². The van der Waals surface area contributed by atoms with Gasteiger partial charge in [0.25, 0.3) is 6.43 Å². The number of aromatic nitrogens is 1. The fourth-order valence-corrected chi connectivity index (χ4v) is 1.53. The molecular formula is C9H7BrF5NO2. The molecule has 1 rings (SSSR count). The number of hydrogen-bond donors (Lipinski definition) is 1. The number of alkyl halides is 6. The van der Waals surface area contributed by atoms with Crippen LogP contribution in [-0.2, 0) is 11.9 Å². The second-order valence-electron chi connectivity index (χ2n) is 3.12. The average Bonchev–Trinajstić information content (AvgIpc) is 2.25. The van der Waals surface area contributed by atoms with Crippen LogP contribution in [0.1, 0.15) is 23.4 Å². The zero-order valence-corrected chi connectivity index (χ0v) is 10.2. The van der Waals surface area contributed by atoms with Crippen LogP contribution in [0.4, 0.5) is 22.0 Å². The Balaban J connectivity index is 3.33. The summed E-state index contributed by atoms with van der Waals surface area (Å²) in [6, 6.07) is 0.847.